The Balaban J connectivity index is 2.74. The zero-order valence-electron chi connectivity index (χ0n) is 12.4. The van der Waals surface area contributed by atoms with Crippen LogP contribution in [0.3, 0.4) is 0 Å². The lowest BCUT2D eigenvalue weighted by molar-refractivity contribution is -0.125. The molecule has 4 heteroatoms. The van der Waals surface area contributed by atoms with E-state index in [0.29, 0.717) is 0 Å². The SMILES string of the molecule is Cc1ccc(C)c2c1sc(=NC(=O)C(C)(C)C)n2C. The lowest BCUT2D eigenvalue weighted by Crippen LogP contribution is -2.22. The molecular formula is C15H20N2OS. The molecule has 1 amide bonds. The van der Waals surface area contributed by atoms with E-state index in [9.17, 15) is 4.79 Å². The molecule has 0 aliphatic rings. The van der Waals surface area contributed by atoms with Crippen LogP contribution in [0.25, 0.3) is 10.2 Å². The molecule has 1 aromatic heterocycles. The van der Waals surface area contributed by atoms with E-state index in [-0.39, 0.29) is 5.91 Å². The predicted octanol–water partition coefficient (Wildman–Crippen LogP) is 3.33. The lowest BCUT2D eigenvalue weighted by Gasteiger charge is -2.11. The molecular weight excluding hydrogens is 256 g/mol. The van der Waals surface area contributed by atoms with Crippen molar-refractivity contribution < 1.29 is 4.79 Å². The van der Waals surface area contributed by atoms with E-state index < -0.39 is 5.41 Å². The van der Waals surface area contributed by atoms with Crippen LogP contribution in [0.2, 0.25) is 0 Å². The fraction of sp³-hybridized carbons (Fsp3) is 0.467. The van der Waals surface area contributed by atoms with E-state index in [2.05, 4.69) is 31.0 Å². The Hall–Kier alpha value is -1.42. The zero-order valence-corrected chi connectivity index (χ0v) is 13.2. The summed E-state index contributed by atoms with van der Waals surface area (Å²) in [7, 11) is 1.97. The molecule has 2 aromatic rings. The molecule has 0 bridgehead atoms. The minimum Gasteiger partial charge on any atom is -0.319 e. The summed E-state index contributed by atoms with van der Waals surface area (Å²) in [6.45, 7) is 9.85. The predicted molar refractivity (Wildman–Crippen MR) is 80.3 cm³/mol. The summed E-state index contributed by atoms with van der Waals surface area (Å²) >= 11 is 1.58. The third kappa shape index (κ3) is 2.50. The van der Waals surface area contributed by atoms with Crippen molar-refractivity contribution in [2.75, 3.05) is 0 Å². The zero-order chi connectivity index (χ0) is 14.4. The van der Waals surface area contributed by atoms with Gasteiger partial charge in [0.25, 0.3) is 5.91 Å². The number of aryl methyl sites for hydroxylation is 3. The van der Waals surface area contributed by atoms with Gasteiger partial charge in [-0.3, -0.25) is 4.79 Å². The van der Waals surface area contributed by atoms with Gasteiger partial charge < -0.3 is 4.57 Å². The highest BCUT2D eigenvalue weighted by Crippen LogP contribution is 2.24. The molecule has 0 atom stereocenters. The Kier molecular flexibility index (Phi) is 3.39. The van der Waals surface area contributed by atoms with Gasteiger partial charge in [-0.1, -0.05) is 44.2 Å². The number of hydrogen-bond acceptors (Lipinski definition) is 2. The first kappa shape index (κ1) is 14.0. The Morgan fingerprint density at radius 3 is 2.32 bits per heavy atom. The van der Waals surface area contributed by atoms with Gasteiger partial charge in [0.1, 0.15) is 0 Å². The maximum atomic E-state index is 12.1. The first-order chi connectivity index (χ1) is 8.71. The van der Waals surface area contributed by atoms with E-state index in [1.54, 1.807) is 11.3 Å². The van der Waals surface area contributed by atoms with Gasteiger partial charge in [-0.05, 0) is 25.0 Å². The van der Waals surface area contributed by atoms with Crippen LogP contribution >= 0.6 is 11.3 Å². The van der Waals surface area contributed by atoms with Gasteiger partial charge in [0.15, 0.2) is 4.80 Å². The van der Waals surface area contributed by atoms with Gasteiger partial charge in [0, 0.05) is 12.5 Å². The van der Waals surface area contributed by atoms with Gasteiger partial charge in [0.05, 0.1) is 10.2 Å². The molecule has 0 saturated heterocycles. The largest absolute Gasteiger partial charge is 0.319 e. The third-order valence-corrected chi connectivity index (χ3v) is 4.45. The Bertz CT molecular complexity index is 714. The normalized spacial score (nSPS) is 13.3. The molecule has 2 rings (SSSR count). The van der Waals surface area contributed by atoms with Crippen LogP contribution in [-0.4, -0.2) is 10.5 Å². The van der Waals surface area contributed by atoms with Crippen molar-refractivity contribution in [3.8, 4) is 0 Å². The molecule has 1 heterocycles. The van der Waals surface area contributed by atoms with Crippen molar-refractivity contribution in [2.45, 2.75) is 34.6 Å². The Morgan fingerprint density at radius 1 is 1.21 bits per heavy atom. The number of carbonyl (C=O) groups is 1. The van der Waals surface area contributed by atoms with E-state index in [1.165, 1.54) is 21.3 Å². The van der Waals surface area contributed by atoms with Gasteiger partial charge in [-0.25, -0.2) is 0 Å². The number of rotatable bonds is 0. The van der Waals surface area contributed by atoms with E-state index in [0.717, 1.165) is 4.80 Å². The smallest absolute Gasteiger partial charge is 0.253 e. The summed E-state index contributed by atoms with van der Waals surface area (Å²) in [4.78, 5) is 17.1. The molecule has 0 fully saturated rings. The third-order valence-electron chi connectivity index (χ3n) is 3.18. The van der Waals surface area contributed by atoms with Crippen molar-refractivity contribution in [3.05, 3.63) is 28.1 Å². The molecule has 0 unspecified atom stereocenters. The second kappa shape index (κ2) is 4.60. The molecule has 1 aromatic carbocycles. The molecule has 19 heavy (non-hydrogen) atoms. The number of hydrogen-bond donors (Lipinski definition) is 0. The van der Waals surface area contributed by atoms with Crippen LogP contribution in [0, 0.1) is 19.3 Å². The number of nitrogens with zero attached hydrogens (tertiary/aromatic N) is 2. The average Bonchev–Trinajstić information content (AvgIpc) is 2.62. The minimum atomic E-state index is -0.437. The van der Waals surface area contributed by atoms with Crippen LogP contribution in [-0.2, 0) is 11.8 Å². The number of thiazole rings is 1. The maximum absolute atomic E-state index is 12.1. The lowest BCUT2D eigenvalue weighted by atomic mass is 9.96. The van der Waals surface area contributed by atoms with Gasteiger partial charge in [-0.15, -0.1) is 0 Å². The van der Waals surface area contributed by atoms with Crippen molar-refractivity contribution in [3.63, 3.8) is 0 Å². The second-order valence-electron chi connectivity index (χ2n) is 5.99. The Labute approximate surface area is 117 Å². The molecule has 3 nitrogen and oxygen atoms in total. The first-order valence-electron chi connectivity index (χ1n) is 6.36. The summed E-state index contributed by atoms with van der Waals surface area (Å²) in [5.74, 6) is -0.0787. The van der Waals surface area contributed by atoms with E-state index in [1.807, 2.05) is 32.4 Å². The molecule has 102 valence electrons. The molecule has 0 radical (unpaired) electrons. The van der Waals surface area contributed by atoms with Crippen molar-refractivity contribution in [1.82, 2.24) is 4.57 Å². The summed E-state index contributed by atoms with van der Waals surface area (Å²) in [5.41, 5.74) is 3.17. The van der Waals surface area contributed by atoms with Crippen molar-refractivity contribution in [2.24, 2.45) is 17.5 Å². The average molecular weight is 276 g/mol. The standard InChI is InChI=1S/C15H20N2OS/c1-9-7-8-10(2)12-11(9)17(6)14(19-12)16-13(18)15(3,4)5/h7-8H,1-6H3. The summed E-state index contributed by atoms with van der Waals surface area (Å²) in [6, 6.07) is 4.23. The number of amides is 1. The van der Waals surface area contributed by atoms with Crippen LogP contribution < -0.4 is 4.80 Å². The highest BCUT2D eigenvalue weighted by atomic mass is 32.1. The fourth-order valence-electron chi connectivity index (χ4n) is 1.92. The molecule has 0 saturated carbocycles. The second-order valence-corrected chi connectivity index (χ2v) is 6.97. The minimum absolute atomic E-state index is 0.0787. The van der Waals surface area contributed by atoms with Crippen LogP contribution in [0.1, 0.15) is 31.9 Å². The number of aromatic nitrogens is 1. The summed E-state index contributed by atoms with van der Waals surface area (Å²) < 4.78 is 3.23. The van der Waals surface area contributed by atoms with Gasteiger partial charge in [-0.2, -0.15) is 4.99 Å². The monoisotopic (exact) mass is 276 g/mol. The summed E-state index contributed by atoms with van der Waals surface area (Å²) in [6.07, 6.45) is 0. The van der Waals surface area contributed by atoms with Crippen molar-refractivity contribution in [1.29, 1.82) is 0 Å². The maximum Gasteiger partial charge on any atom is 0.253 e. The highest BCUT2D eigenvalue weighted by Gasteiger charge is 2.21. The fourth-order valence-corrected chi connectivity index (χ4v) is 3.09. The molecule has 0 aliphatic carbocycles. The summed E-state index contributed by atoms with van der Waals surface area (Å²) in [5, 5.41) is 0. The quantitative estimate of drug-likeness (QED) is 0.726. The topological polar surface area (TPSA) is 34.4 Å². The number of fused-ring (bicyclic) bond motifs is 1. The number of carbonyl (C=O) groups excluding carboxylic acids is 1. The van der Waals surface area contributed by atoms with Gasteiger partial charge >= 0.3 is 0 Å². The van der Waals surface area contributed by atoms with E-state index >= 15 is 0 Å². The van der Waals surface area contributed by atoms with Crippen LogP contribution in [0.5, 0.6) is 0 Å². The molecule has 0 spiro atoms. The molecule has 0 aliphatic heterocycles. The first-order valence-corrected chi connectivity index (χ1v) is 7.18. The van der Waals surface area contributed by atoms with E-state index in [4.69, 9.17) is 0 Å². The van der Waals surface area contributed by atoms with Crippen molar-refractivity contribution >= 4 is 27.5 Å². The number of benzene rings is 1. The molecule has 0 N–H and O–H groups in total. The van der Waals surface area contributed by atoms with Gasteiger partial charge in [0.2, 0.25) is 0 Å². The Morgan fingerprint density at radius 2 is 1.79 bits per heavy atom. The van der Waals surface area contributed by atoms with Crippen LogP contribution in [0.4, 0.5) is 0 Å². The van der Waals surface area contributed by atoms with Crippen LogP contribution in [0.15, 0.2) is 17.1 Å². The highest BCUT2D eigenvalue weighted by molar-refractivity contribution is 7.16.